The fraction of sp³-hybridized carbons (Fsp3) is 0.357. The molecule has 1 aromatic carbocycles. The summed E-state index contributed by atoms with van der Waals surface area (Å²) in [7, 11) is 0. The molecule has 19 heavy (non-hydrogen) atoms. The Kier molecular flexibility index (Phi) is 3.93. The van der Waals surface area contributed by atoms with Gasteiger partial charge in [-0.15, -0.1) is 0 Å². The molecule has 1 heterocycles. The number of hydrogen-bond acceptors (Lipinski definition) is 1. The highest BCUT2D eigenvalue weighted by Gasteiger charge is 2.30. The van der Waals surface area contributed by atoms with Crippen LogP contribution < -0.4 is 0 Å². The van der Waals surface area contributed by atoms with Gasteiger partial charge in [0.1, 0.15) is 5.82 Å². The molecule has 102 valence electrons. The molecule has 0 unspecified atom stereocenters. The van der Waals surface area contributed by atoms with Crippen LogP contribution in [0.1, 0.15) is 25.3 Å². The molecule has 0 aliphatic rings. The summed E-state index contributed by atoms with van der Waals surface area (Å²) in [4.78, 5) is 4.21. The number of imidazole rings is 1. The molecule has 1 aromatic heterocycles. The van der Waals surface area contributed by atoms with Gasteiger partial charge in [0.05, 0.1) is 5.56 Å². The van der Waals surface area contributed by atoms with E-state index in [0.29, 0.717) is 11.4 Å². The van der Waals surface area contributed by atoms with Crippen LogP contribution in [0.3, 0.4) is 0 Å². The van der Waals surface area contributed by atoms with Crippen molar-refractivity contribution < 1.29 is 13.2 Å². The van der Waals surface area contributed by atoms with Crippen LogP contribution in [0, 0.1) is 0 Å². The van der Waals surface area contributed by atoms with Crippen LogP contribution in [0.15, 0.2) is 36.7 Å². The molecule has 5 heteroatoms. The maximum absolute atomic E-state index is 12.5. The first kappa shape index (κ1) is 13.6. The Hall–Kier alpha value is -1.78. The number of nitrogens with zero attached hydrogens (tertiary/aromatic N) is 2. The van der Waals surface area contributed by atoms with Crippen LogP contribution in [-0.2, 0) is 12.7 Å². The van der Waals surface area contributed by atoms with Crippen LogP contribution in [-0.4, -0.2) is 9.55 Å². The third-order valence-corrected chi connectivity index (χ3v) is 2.94. The molecule has 0 aliphatic heterocycles. The van der Waals surface area contributed by atoms with E-state index >= 15 is 0 Å². The zero-order chi connectivity index (χ0) is 13.9. The van der Waals surface area contributed by atoms with Gasteiger partial charge in [-0.25, -0.2) is 4.98 Å². The molecule has 0 saturated heterocycles. The number of benzene rings is 1. The lowest BCUT2D eigenvalue weighted by molar-refractivity contribution is -0.137. The van der Waals surface area contributed by atoms with Crippen LogP contribution in [0.5, 0.6) is 0 Å². The van der Waals surface area contributed by atoms with E-state index in [1.807, 2.05) is 10.8 Å². The number of unbranched alkanes of at least 4 members (excludes halogenated alkanes) is 1. The van der Waals surface area contributed by atoms with Crippen LogP contribution >= 0.6 is 0 Å². The maximum Gasteiger partial charge on any atom is 0.416 e. The molecule has 0 N–H and O–H groups in total. The number of aryl methyl sites for hydroxylation is 1. The summed E-state index contributed by atoms with van der Waals surface area (Å²) < 4.78 is 39.4. The highest BCUT2D eigenvalue weighted by molar-refractivity contribution is 5.56. The Morgan fingerprint density at radius 3 is 2.42 bits per heavy atom. The fourth-order valence-corrected chi connectivity index (χ4v) is 1.89. The summed E-state index contributed by atoms with van der Waals surface area (Å²) in [5, 5.41) is 0. The number of aromatic nitrogens is 2. The summed E-state index contributed by atoms with van der Waals surface area (Å²) in [5.74, 6) is 0.710. The van der Waals surface area contributed by atoms with Gasteiger partial charge in [0.15, 0.2) is 0 Å². The van der Waals surface area contributed by atoms with Gasteiger partial charge in [0.2, 0.25) is 0 Å². The lowest BCUT2D eigenvalue weighted by Gasteiger charge is -2.09. The summed E-state index contributed by atoms with van der Waals surface area (Å²) in [6.45, 7) is 2.92. The first-order chi connectivity index (χ1) is 9.02. The average Bonchev–Trinajstić information content (AvgIpc) is 2.83. The smallest absolute Gasteiger partial charge is 0.331 e. The number of halogens is 3. The lowest BCUT2D eigenvalue weighted by Crippen LogP contribution is -2.04. The molecule has 0 spiro atoms. The summed E-state index contributed by atoms with van der Waals surface area (Å²) in [5.41, 5.74) is 0.0667. The van der Waals surface area contributed by atoms with Crippen molar-refractivity contribution in [3.05, 3.63) is 42.2 Å². The van der Waals surface area contributed by atoms with E-state index < -0.39 is 11.7 Å². The van der Waals surface area contributed by atoms with Crippen LogP contribution in [0.25, 0.3) is 11.4 Å². The number of hydrogen-bond donors (Lipinski definition) is 0. The minimum absolute atomic E-state index is 0.636. The number of rotatable bonds is 4. The summed E-state index contributed by atoms with van der Waals surface area (Å²) in [6, 6.07) is 5.11. The average molecular weight is 268 g/mol. The van der Waals surface area contributed by atoms with Crippen molar-refractivity contribution in [1.29, 1.82) is 0 Å². The molecule has 0 aliphatic carbocycles. The number of alkyl halides is 3. The van der Waals surface area contributed by atoms with E-state index in [4.69, 9.17) is 0 Å². The zero-order valence-corrected chi connectivity index (χ0v) is 10.6. The third-order valence-electron chi connectivity index (χ3n) is 2.94. The maximum atomic E-state index is 12.5. The Balaban J connectivity index is 2.25. The SMILES string of the molecule is CCCCn1ccnc1-c1ccc(C(F)(F)F)cc1. The molecule has 0 bridgehead atoms. The first-order valence-corrected chi connectivity index (χ1v) is 6.21. The predicted octanol–water partition coefficient (Wildman–Crippen LogP) is 4.37. The Morgan fingerprint density at radius 1 is 1.16 bits per heavy atom. The zero-order valence-electron chi connectivity index (χ0n) is 10.6. The molecule has 2 nitrogen and oxygen atoms in total. The van der Waals surface area contributed by atoms with Crippen molar-refractivity contribution in [2.75, 3.05) is 0 Å². The second kappa shape index (κ2) is 5.47. The van der Waals surface area contributed by atoms with Gasteiger partial charge in [0.25, 0.3) is 0 Å². The van der Waals surface area contributed by atoms with Gasteiger partial charge in [-0.2, -0.15) is 13.2 Å². The molecular weight excluding hydrogens is 253 g/mol. The Labute approximate surface area is 109 Å². The molecule has 0 atom stereocenters. The molecule has 0 amide bonds. The van der Waals surface area contributed by atoms with Crippen molar-refractivity contribution in [3.8, 4) is 11.4 Å². The van der Waals surface area contributed by atoms with Gasteiger partial charge < -0.3 is 4.57 Å². The minimum atomic E-state index is -4.30. The molecular formula is C14H15F3N2. The van der Waals surface area contributed by atoms with E-state index in [2.05, 4.69) is 11.9 Å². The molecule has 0 saturated carbocycles. The van der Waals surface area contributed by atoms with Gasteiger partial charge >= 0.3 is 6.18 Å². The standard InChI is InChI=1S/C14H15F3N2/c1-2-3-9-19-10-8-18-13(19)11-4-6-12(7-5-11)14(15,16)17/h4-8,10H,2-3,9H2,1H3. The minimum Gasteiger partial charge on any atom is -0.331 e. The van der Waals surface area contributed by atoms with Gasteiger partial charge in [0, 0.05) is 24.5 Å². The van der Waals surface area contributed by atoms with E-state index in [9.17, 15) is 13.2 Å². The highest BCUT2D eigenvalue weighted by atomic mass is 19.4. The van der Waals surface area contributed by atoms with E-state index in [0.717, 1.165) is 31.5 Å². The second-order valence-corrected chi connectivity index (χ2v) is 4.37. The fourth-order valence-electron chi connectivity index (χ4n) is 1.89. The van der Waals surface area contributed by atoms with Crippen molar-refractivity contribution in [2.45, 2.75) is 32.5 Å². The summed E-state index contributed by atoms with van der Waals surface area (Å²) in [6.07, 6.45) is 1.30. The van der Waals surface area contributed by atoms with E-state index in [1.165, 1.54) is 12.1 Å². The van der Waals surface area contributed by atoms with Gasteiger partial charge in [-0.3, -0.25) is 0 Å². The second-order valence-electron chi connectivity index (χ2n) is 4.37. The summed E-state index contributed by atoms with van der Waals surface area (Å²) >= 11 is 0. The van der Waals surface area contributed by atoms with Crippen LogP contribution in [0.4, 0.5) is 13.2 Å². The highest BCUT2D eigenvalue weighted by Crippen LogP contribution is 2.30. The van der Waals surface area contributed by atoms with Crippen molar-refractivity contribution in [3.63, 3.8) is 0 Å². The molecule has 0 fully saturated rings. The van der Waals surface area contributed by atoms with Crippen molar-refractivity contribution >= 4 is 0 Å². The third kappa shape index (κ3) is 3.16. The van der Waals surface area contributed by atoms with E-state index in [-0.39, 0.29) is 0 Å². The molecule has 2 aromatic rings. The largest absolute Gasteiger partial charge is 0.416 e. The van der Waals surface area contributed by atoms with E-state index in [1.54, 1.807) is 6.20 Å². The lowest BCUT2D eigenvalue weighted by atomic mass is 10.1. The van der Waals surface area contributed by atoms with Gasteiger partial charge in [-0.1, -0.05) is 25.5 Å². The quantitative estimate of drug-likeness (QED) is 0.805. The van der Waals surface area contributed by atoms with Crippen molar-refractivity contribution in [2.24, 2.45) is 0 Å². The normalized spacial score (nSPS) is 11.8. The van der Waals surface area contributed by atoms with Gasteiger partial charge in [-0.05, 0) is 18.6 Å². The Bertz CT molecular complexity index is 526. The molecule has 2 rings (SSSR count). The topological polar surface area (TPSA) is 17.8 Å². The van der Waals surface area contributed by atoms with Crippen molar-refractivity contribution in [1.82, 2.24) is 9.55 Å². The van der Waals surface area contributed by atoms with Crippen LogP contribution in [0.2, 0.25) is 0 Å². The monoisotopic (exact) mass is 268 g/mol. The first-order valence-electron chi connectivity index (χ1n) is 6.21. The Morgan fingerprint density at radius 2 is 1.84 bits per heavy atom. The molecule has 0 radical (unpaired) electrons. The predicted molar refractivity (Wildman–Crippen MR) is 67.6 cm³/mol.